The van der Waals surface area contributed by atoms with Crippen LogP contribution in [0.5, 0.6) is 0 Å². The van der Waals surface area contributed by atoms with E-state index in [9.17, 15) is 31.4 Å². The largest absolute Gasteiger partial charge is 0.416 e. The summed E-state index contributed by atoms with van der Waals surface area (Å²) in [6.07, 6.45) is -8.28. The summed E-state index contributed by atoms with van der Waals surface area (Å²) >= 11 is 12.3. The molecule has 43 heavy (non-hydrogen) atoms. The van der Waals surface area contributed by atoms with Crippen molar-refractivity contribution < 1.29 is 31.4 Å². The fourth-order valence-corrected chi connectivity index (χ4v) is 5.66. The number of alkyl halides is 6. The standard InChI is InChI=1S/C31H31Cl2F6N3O/c32-26-7-6-21(16-27(26)33)25(8-11-42-12-9-29(43,10-13-42)22-4-2-1-3-5-22)28(40)19-41-18-20-14-23(30(34,35)36)17-24(15-20)31(37,38)39/h1-7,14-17,25,40-41,43H,8-13,18-19H2. The number of rotatable bonds is 10. The van der Waals surface area contributed by atoms with Crippen LogP contribution in [0.3, 0.4) is 0 Å². The predicted octanol–water partition coefficient (Wildman–Crippen LogP) is 8.30. The Balaban J connectivity index is 1.43. The average molecular weight is 647 g/mol. The molecule has 3 aromatic carbocycles. The molecule has 4 rings (SSSR count). The van der Waals surface area contributed by atoms with Crippen LogP contribution in [0.1, 0.15) is 53.0 Å². The van der Waals surface area contributed by atoms with Crippen LogP contribution < -0.4 is 5.32 Å². The number of nitrogens with one attached hydrogen (secondary N) is 2. The van der Waals surface area contributed by atoms with Crippen molar-refractivity contribution in [3.8, 4) is 0 Å². The van der Waals surface area contributed by atoms with Gasteiger partial charge in [-0.15, -0.1) is 0 Å². The van der Waals surface area contributed by atoms with Gasteiger partial charge >= 0.3 is 12.4 Å². The quantitative estimate of drug-likeness (QED) is 0.154. The van der Waals surface area contributed by atoms with E-state index in [1.165, 1.54) is 0 Å². The third-order valence-corrected chi connectivity index (χ3v) is 8.53. The van der Waals surface area contributed by atoms with Gasteiger partial charge in [0.05, 0.1) is 26.8 Å². The smallest absolute Gasteiger partial charge is 0.385 e. The molecule has 3 N–H and O–H groups in total. The monoisotopic (exact) mass is 645 g/mol. The molecule has 12 heteroatoms. The zero-order chi connectivity index (χ0) is 31.4. The first-order valence-electron chi connectivity index (χ1n) is 13.7. The van der Waals surface area contributed by atoms with E-state index in [1.807, 2.05) is 30.3 Å². The Hall–Kier alpha value is -2.63. The summed E-state index contributed by atoms with van der Waals surface area (Å²) in [5.74, 6) is -0.440. The van der Waals surface area contributed by atoms with Gasteiger partial charge in [0.2, 0.25) is 0 Å². The van der Waals surface area contributed by atoms with Crippen LogP contribution in [0.25, 0.3) is 0 Å². The van der Waals surface area contributed by atoms with Gasteiger partial charge in [0.1, 0.15) is 0 Å². The minimum Gasteiger partial charge on any atom is -0.385 e. The molecule has 1 heterocycles. The zero-order valence-corrected chi connectivity index (χ0v) is 24.5. The fraction of sp³-hybridized carbons (Fsp3) is 0.387. The van der Waals surface area contributed by atoms with E-state index in [2.05, 4.69) is 10.2 Å². The lowest BCUT2D eigenvalue weighted by Crippen LogP contribution is -2.43. The van der Waals surface area contributed by atoms with Gasteiger partial charge in [-0.2, -0.15) is 26.3 Å². The first-order chi connectivity index (χ1) is 20.2. The minimum absolute atomic E-state index is 0.0731. The van der Waals surface area contributed by atoms with Gasteiger partial charge in [-0.25, -0.2) is 0 Å². The van der Waals surface area contributed by atoms with Gasteiger partial charge in [0.15, 0.2) is 0 Å². The molecular weight excluding hydrogens is 615 g/mol. The predicted molar refractivity (Wildman–Crippen MR) is 156 cm³/mol. The molecule has 1 aliphatic heterocycles. The molecule has 1 unspecified atom stereocenters. The Kier molecular flexibility index (Phi) is 10.5. The molecule has 1 aliphatic rings. The maximum absolute atomic E-state index is 13.2. The summed E-state index contributed by atoms with van der Waals surface area (Å²) in [5, 5.41) is 23.4. The minimum atomic E-state index is -4.94. The number of nitrogens with zero attached hydrogens (tertiary/aromatic N) is 1. The highest BCUT2D eigenvalue weighted by molar-refractivity contribution is 6.42. The van der Waals surface area contributed by atoms with E-state index in [0.717, 1.165) is 11.1 Å². The highest BCUT2D eigenvalue weighted by Crippen LogP contribution is 2.37. The van der Waals surface area contributed by atoms with Crippen molar-refractivity contribution in [2.75, 3.05) is 26.2 Å². The van der Waals surface area contributed by atoms with E-state index in [-0.39, 0.29) is 30.4 Å². The zero-order valence-electron chi connectivity index (χ0n) is 23.0. The van der Waals surface area contributed by atoms with Gasteiger partial charge in [-0.3, -0.25) is 0 Å². The van der Waals surface area contributed by atoms with Crippen LogP contribution in [0.2, 0.25) is 10.0 Å². The van der Waals surface area contributed by atoms with Gasteiger partial charge < -0.3 is 20.7 Å². The Morgan fingerprint density at radius 2 is 1.49 bits per heavy atom. The number of aliphatic hydroxyl groups is 1. The van der Waals surface area contributed by atoms with Crippen LogP contribution in [0, 0.1) is 5.41 Å². The summed E-state index contributed by atoms with van der Waals surface area (Å²) < 4.78 is 79.5. The Morgan fingerprint density at radius 1 is 0.884 bits per heavy atom. The second-order valence-corrected chi connectivity index (χ2v) is 11.6. The highest BCUT2D eigenvalue weighted by Gasteiger charge is 2.37. The summed E-state index contributed by atoms with van der Waals surface area (Å²) in [5.41, 5.74) is -2.09. The van der Waals surface area contributed by atoms with Crippen molar-refractivity contribution in [1.29, 1.82) is 5.41 Å². The van der Waals surface area contributed by atoms with E-state index >= 15 is 0 Å². The molecule has 0 radical (unpaired) electrons. The van der Waals surface area contributed by atoms with Gasteiger partial charge in [0.25, 0.3) is 0 Å². The summed E-state index contributed by atoms with van der Waals surface area (Å²) in [7, 11) is 0. The molecule has 3 aromatic rings. The average Bonchev–Trinajstić information content (AvgIpc) is 2.95. The van der Waals surface area contributed by atoms with Gasteiger partial charge in [0, 0.05) is 37.8 Å². The molecule has 1 saturated heterocycles. The Morgan fingerprint density at radius 3 is 2.05 bits per heavy atom. The molecule has 1 atom stereocenters. The second-order valence-electron chi connectivity index (χ2n) is 10.8. The molecule has 0 saturated carbocycles. The molecule has 0 aromatic heterocycles. The summed E-state index contributed by atoms with van der Waals surface area (Å²) in [4.78, 5) is 2.20. The lowest BCUT2D eigenvalue weighted by atomic mass is 9.84. The topological polar surface area (TPSA) is 59.4 Å². The third kappa shape index (κ3) is 8.73. The first-order valence-corrected chi connectivity index (χ1v) is 14.4. The second kappa shape index (κ2) is 13.6. The maximum atomic E-state index is 13.2. The Labute approximate surface area is 256 Å². The van der Waals surface area contributed by atoms with Crippen LogP contribution in [0.4, 0.5) is 26.3 Å². The highest BCUT2D eigenvalue weighted by atomic mass is 35.5. The lowest BCUT2D eigenvalue weighted by Gasteiger charge is -2.39. The molecule has 4 nitrogen and oxygen atoms in total. The molecule has 232 valence electrons. The first kappa shape index (κ1) is 33.3. The molecule has 0 spiro atoms. The normalized spacial score (nSPS) is 16.7. The van der Waals surface area contributed by atoms with E-state index < -0.39 is 35.0 Å². The van der Waals surface area contributed by atoms with E-state index in [0.29, 0.717) is 61.1 Å². The van der Waals surface area contributed by atoms with Crippen LogP contribution in [-0.4, -0.2) is 41.9 Å². The molecule has 1 fully saturated rings. The number of piperidine rings is 1. The number of hydrogen-bond donors (Lipinski definition) is 3. The third-order valence-electron chi connectivity index (χ3n) is 7.79. The van der Waals surface area contributed by atoms with E-state index in [4.69, 9.17) is 28.6 Å². The SMILES string of the molecule is N=C(CNCc1cc(C(F)(F)F)cc(C(F)(F)F)c1)C(CCN1CCC(O)(c2ccccc2)CC1)c1ccc(Cl)c(Cl)c1. The van der Waals surface area contributed by atoms with E-state index in [1.54, 1.807) is 18.2 Å². The number of hydrogen-bond acceptors (Lipinski definition) is 4. The maximum Gasteiger partial charge on any atom is 0.416 e. The number of halogens is 8. The van der Waals surface area contributed by atoms with Crippen LogP contribution in [0.15, 0.2) is 66.7 Å². The van der Waals surface area contributed by atoms with Crippen molar-refractivity contribution in [2.45, 2.75) is 49.7 Å². The van der Waals surface area contributed by atoms with Gasteiger partial charge in [-0.05, 0) is 72.8 Å². The summed E-state index contributed by atoms with van der Waals surface area (Å²) in [6.45, 7) is 1.51. The van der Waals surface area contributed by atoms with Gasteiger partial charge in [-0.1, -0.05) is 59.6 Å². The van der Waals surface area contributed by atoms with Crippen LogP contribution >= 0.6 is 23.2 Å². The van der Waals surface area contributed by atoms with Crippen molar-refractivity contribution >= 4 is 28.9 Å². The van der Waals surface area contributed by atoms with Crippen molar-refractivity contribution in [3.05, 3.63) is 105 Å². The van der Waals surface area contributed by atoms with Crippen molar-refractivity contribution in [3.63, 3.8) is 0 Å². The Bertz CT molecular complexity index is 1370. The molecule has 0 bridgehead atoms. The number of likely N-dealkylation sites (tertiary alicyclic amines) is 1. The molecule has 0 aliphatic carbocycles. The van der Waals surface area contributed by atoms with Crippen molar-refractivity contribution in [2.24, 2.45) is 0 Å². The summed E-state index contributed by atoms with van der Waals surface area (Å²) in [6, 6.07) is 16.0. The number of benzene rings is 3. The fourth-order valence-electron chi connectivity index (χ4n) is 5.35. The van der Waals surface area contributed by atoms with Crippen molar-refractivity contribution in [1.82, 2.24) is 10.2 Å². The molecule has 0 amide bonds. The van der Waals surface area contributed by atoms with Crippen LogP contribution in [-0.2, 0) is 24.5 Å². The molecular formula is C31H31Cl2F6N3O. The lowest BCUT2D eigenvalue weighted by molar-refractivity contribution is -0.143.